The highest BCUT2D eigenvalue weighted by Gasteiger charge is 2.20. The van der Waals surface area contributed by atoms with E-state index in [9.17, 15) is 9.59 Å². The molecule has 0 aliphatic carbocycles. The smallest absolute Gasteiger partial charge is 0.357 e. The summed E-state index contributed by atoms with van der Waals surface area (Å²) < 4.78 is 1.14. The van der Waals surface area contributed by atoms with Gasteiger partial charge < -0.3 is 14.8 Å². The highest BCUT2D eigenvalue weighted by atomic mass is 16.4. The minimum atomic E-state index is -1.34. The Balaban J connectivity index is 3.31. The summed E-state index contributed by atoms with van der Waals surface area (Å²) in [6.07, 6.45) is 1.15. The summed E-state index contributed by atoms with van der Waals surface area (Å²) in [6, 6.07) is 0. The Morgan fingerprint density at radius 2 is 2.00 bits per heavy atom. The molecule has 2 N–H and O–H groups in total. The van der Waals surface area contributed by atoms with E-state index in [0.717, 1.165) is 10.9 Å². The summed E-state index contributed by atoms with van der Waals surface area (Å²) in [5.74, 6) is -2.64. The summed E-state index contributed by atoms with van der Waals surface area (Å²) >= 11 is 0. The number of hydrogen-bond donors (Lipinski definition) is 2. The molecule has 64 valence electrons. The van der Waals surface area contributed by atoms with Crippen LogP contribution < -0.4 is 0 Å². The molecule has 0 atom stereocenters. The molecule has 0 spiro atoms. The summed E-state index contributed by atoms with van der Waals surface area (Å²) in [5, 5.41) is 17.0. The summed E-state index contributed by atoms with van der Waals surface area (Å²) in [6.45, 7) is 0. The zero-order valence-electron chi connectivity index (χ0n) is 6.18. The van der Waals surface area contributed by atoms with Gasteiger partial charge in [-0.25, -0.2) is 14.6 Å². The van der Waals surface area contributed by atoms with E-state index in [1.54, 1.807) is 0 Å². The monoisotopic (exact) mass is 170 g/mol. The first kappa shape index (κ1) is 8.25. The number of aromatic nitrogens is 2. The highest BCUT2D eigenvalue weighted by Crippen LogP contribution is 2.05. The fourth-order valence-electron chi connectivity index (χ4n) is 0.839. The highest BCUT2D eigenvalue weighted by molar-refractivity contribution is 5.98. The van der Waals surface area contributed by atoms with Crippen LogP contribution in [0.3, 0.4) is 0 Å². The van der Waals surface area contributed by atoms with Crippen LogP contribution >= 0.6 is 0 Å². The molecule has 12 heavy (non-hydrogen) atoms. The van der Waals surface area contributed by atoms with Crippen molar-refractivity contribution in [3.8, 4) is 0 Å². The van der Waals surface area contributed by atoms with Gasteiger partial charge in [-0.1, -0.05) is 0 Å². The molecule has 1 aromatic heterocycles. The molecule has 0 bridgehead atoms. The van der Waals surface area contributed by atoms with Gasteiger partial charge in [0.1, 0.15) is 0 Å². The molecular weight excluding hydrogens is 164 g/mol. The Kier molecular flexibility index (Phi) is 1.82. The zero-order valence-corrected chi connectivity index (χ0v) is 6.18. The fraction of sp³-hybridized carbons (Fsp3) is 0.167. The van der Waals surface area contributed by atoms with Gasteiger partial charge in [-0.2, -0.15) is 0 Å². The Bertz CT molecular complexity index is 341. The maximum atomic E-state index is 10.5. The van der Waals surface area contributed by atoms with Crippen molar-refractivity contribution in [3.05, 3.63) is 17.7 Å². The fourth-order valence-corrected chi connectivity index (χ4v) is 0.839. The predicted molar refractivity (Wildman–Crippen MR) is 37.1 cm³/mol. The third-order valence-corrected chi connectivity index (χ3v) is 1.34. The second-order valence-corrected chi connectivity index (χ2v) is 2.16. The molecule has 0 fully saturated rings. The van der Waals surface area contributed by atoms with Crippen molar-refractivity contribution in [1.29, 1.82) is 0 Å². The van der Waals surface area contributed by atoms with Gasteiger partial charge in [0.25, 0.3) is 0 Å². The molecule has 6 heteroatoms. The van der Waals surface area contributed by atoms with Crippen molar-refractivity contribution in [2.24, 2.45) is 7.05 Å². The van der Waals surface area contributed by atoms with Crippen molar-refractivity contribution in [2.45, 2.75) is 0 Å². The number of hydrogen-bond acceptors (Lipinski definition) is 3. The van der Waals surface area contributed by atoms with Gasteiger partial charge in [-0.3, -0.25) is 0 Å². The topological polar surface area (TPSA) is 92.4 Å². The minimum absolute atomic E-state index is 0.317. The van der Waals surface area contributed by atoms with Crippen LogP contribution in [0.4, 0.5) is 0 Å². The molecule has 0 aromatic carbocycles. The first-order valence-electron chi connectivity index (χ1n) is 3.02. The van der Waals surface area contributed by atoms with Gasteiger partial charge in [0.05, 0.1) is 6.33 Å². The molecule has 0 aliphatic rings. The first-order valence-corrected chi connectivity index (χ1v) is 3.02. The Morgan fingerprint density at radius 1 is 1.42 bits per heavy atom. The van der Waals surface area contributed by atoms with Gasteiger partial charge in [0, 0.05) is 7.05 Å². The van der Waals surface area contributed by atoms with Gasteiger partial charge in [-0.15, -0.1) is 0 Å². The average molecular weight is 170 g/mol. The van der Waals surface area contributed by atoms with Gasteiger partial charge in [0.15, 0.2) is 11.4 Å². The van der Waals surface area contributed by atoms with E-state index in [1.165, 1.54) is 7.05 Å². The first-order chi connectivity index (χ1) is 5.54. The molecule has 0 amide bonds. The molecule has 0 radical (unpaired) electrons. The van der Waals surface area contributed by atoms with Crippen LogP contribution in [0.25, 0.3) is 0 Å². The Hall–Kier alpha value is -1.85. The van der Waals surface area contributed by atoms with E-state index < -0.39 is 17.6 Å². The SMILES string of the molecule is Cn1cnc(C(=O)O)c1C(=O)O. The number of aromatic carboxylic acids is 2. The predicted octanol–water partition coefficient (Wildman–Crippen LogP) is -0.184. The number of carbonyl (C=O) groups is 2. The molecule has 0 aliphatic heterocycles. The molecule has 1 heterocycles. The van der Waals surface area contributed by atoms with Crippen LogP contribution in [0.1, 0.15) is 21.0 Å². The lowest BCUT2D eigenvalue weighted by molar-refractivity contribution is 0.0641. The average Bonchev–Trinajstić information content (AvgIpc) is 2.30. The lowest BCUT2D eigenvalue weighted by Gasteiger charge is -1.95. The molecular formula is C6H6N2O4. The van der Waals surface area contributed by atoms with E-state index in [2.05, 4.69) is 4.98 Å². The number of nitrogens with zero attached hydrogens (tertiary/aromatic N) is 2. The van der Waals surface area contributed by atoms with E-state index in [0.29, 0.717) is 0 Å². The number of carboxylic acid groups (broad SMARTS) is 2. The lowest BCUT2D eigenvalue weighted by Crippen LogP contribution is -2.10. The van der Waals surface area contributed by atoms with Crippen LogP contribution in [-0.4, -0.2) is 31.7 Å². The minimum Gasteiger partial charge on any atom is -0.476 e. The Morgan fingerprint density at radius 3 is 2.33 bits per heavy atom. The van der Waals surface area contributed by atoms with E-state index in [4.69, 9.17) is 10.2 Å². The summed E-state index contributed by atoms with van der Waals surface area (Å²) in [5.41, 5.74) is -0.757. The van der Waals surface area contributed by atoms with Crippen molar-refractivity contribution in [1.82, 2.24) is 9.55 Å². The normalized spacial score (nSPS) is 9.75. The van der Waals surface area contributed by atoms with Gasteiger partial charge in [-0.05, 0) is 0 Å². The molecule has 0 unspecified atom stereocenters. The second-order valence-electron chi connectivity index (χ2n) is 2.16. The third kappa shape index (κ3) is 1.14. The zero-order chi connectivity index (χ0) is 9.30. The van der Waals surface area contributed by atoms with Crippen LogP contribution in [0.5, 0.6) is 0 Å². The van der Waals surface area contributed by atoms with Crippen molar-refractivity contribution in [3.63, 3.8) is 0 Å². The van der Waals surface area contributed by atoms with E-state index >= 15 is 0 Å². The van der Waals surface area contributed by atoms with E-state index in [-0.39, 0.29) is 5.69 Å². The second kappa shape index (κ2) is 2.65. The number of imidazole rings is 1. The maximum absolute atomic E-state index is 10.5. The van der Waals surface area contributed by atoms with Gasteiger partial charge >= 0.3 is 11.9 Å². The van der Waals surface area contributed by atoms with Crippen LogP contribution in [0.15, 0.2) is 6.33 Å². The van der Waals surface area contributed by atoms with Crippen molar-refractivity contribution in [2.75, 3.05) is 0 Å². The quantitative estimate of drug-likeness (QED) is 0.642. The lowest BCUT2D eigenvalue weighted by atomic mass is 10.3. The van der Waals surface area contributed by atoms with E-state index in [1.807, 2.05) is 0 Å². The van der Waals surface area contributed by atoms with Crippen LogP contribution in [0, 0.1) is 0 Å². The molecule has 1 rings (SSSR count). The van der Waals surface area contributed by atoms with Crippen LogP contribution in [-0.2, 0) is 7.05 Å². The number of aryl methyl sites for hydroxylation is 1. The van der Waals surface area contributed by atoms with Crippen LogP contribution in [0.2, 0.25) is 0 Å². The Labute approximate surface area is 67.1 Å². The third-order valence-electron chi connectivity index (χ3n) is 1.34. The van der Waals surface area contributed by atoms with Crippen molar-refractivity contribution >= 4 is 11.9 Å². The number of rotatable bonds is 2. The largest absolute Gasteiger partial charge is 0.476 e. The maximum Gasteiger partial charge on any atom is 0.357 e. The molecule has 6 nitrogen and oxygen atoms in total. The molecule has 0 saturated heterocycles. The summed E-state index contributed by atoms with van der Waals surface area (Å²) in [7, 11) is 1.42. The molecule has 0 saturated carbocycles. The number of carboxylic acids is 2. The van der Waals surface area contributed by atoms with Gasteiger partial charge in [0.2, 0.25) is 0 Å². The van der Waals surface area contributed by atoms with Crippen molar-refractivity contribution < 1.29 is 19.8 Å². The molecule has 1 aromatic rings. The standard InChI is InChI=1S/C6H6N2O4/c1-8-2-7-3(5(9)10)4(8)6(11)12/h2H,1H3,(H,9,10)(H,11,12). The summed E-state index contributed by atoms with van der Waals surface area (Å²) in [4.78, 5) is 24.3.